The summed E-state index contributed by atoms with van der Waals surface area (Å²) in [5.41, 5.74) is 1.70. The Labute approximate surface area is 172 Å². The van der Waals surface area contributed by atoms with E-state index in [2.05, 4.69) is 10.4 Å². The predicted octanol–water partition coefficient (Wildman–Crippen LogP) is 3.32. The minimum absolute atomic E-state index is 0.0782. The summed E-state index contributed by atoms with van der Waals surface area (Å²) < 4.78 is 1.14. The van der Waals surface area contributed by atoms with E-state index in [1.54, 1.807) is 44.4 Å². The number of nitrogens with one attached hydrogen (secondary N) is 1. The minimum Gasteiger partial charge on any atom is -0.339 e. The first-order valence-corrected chi connectivity index (χ1v) is 9.66. The molecule has 0 radical (unpaired) electrons. The number of carbonyl (C=O) groups excluding carboxylic acids is 2. The van der Waals surface area contributed by atoms with Crippen LogP contribution in [0.4, 0.5) is 10.5 Å². The highest BCUT2D eigenvalue weighted by Crippen LogP contribution is 2.22. The summed E-state index contributed by atoms with van der Waals surface area (Å²) in [5.74, 6) is -0.366. The third-order valence-corrected chi connectivity index (χ3v) is 4.99. The van der Waals surface area contributed by atoms with E-state index >= 15 is 0 Å². The van der Waals surface area contributed by atoms with Crippen LogP contribution >= 0.6 is 11.8 Å². The van der Waals surface area contributed by atoms with Gasteiger partial charge in [0.1, 0.15) is 6.54 Å². The van der Waals surface area contributed by atoms with Crippen LogP contribution in [0.1, 0.15) is 0 Å². The summed E-state index contributed by atoms with van der Waals surface area (Å²) in [6, 6.07) is 19.4. The molecule has 0 fully saturated rings. The largest absolute Gasteiger partial charge is 0.339 e. The van der Waals surface area contributed by atoms with Crippen LogP contribution in [0.3, 0.4) is 0 Å². The molecule has 0 aliphatic rings. The van der Waals surface area contributed by atoms with E-state index in [-0.39, 0.29) is 23.3 Å². The standard InChI is InChI=1S/C21H20N4O3S/c1-24(2)21(28)29-17-10-8-16(9-11-17)22-19(26)14-25-20(27)13-12-18(23-25)15-6-4-3-5-7-15/h3-13H,14H2,1-2H3,(H,22,26). The Hall–Kier alpha value is -3.39. The Balaban J connectivity index is 1.66. The summed E-state index contributed by atoms with van der Waals surface area (Å²) in [5, 5.41) is 6.94. The molecule has 0 spiro atoms. The van der Waals surface area contributed by atoms with E-state index in [0.717, 1.165) is 26.9 Å². The number of benzene rings is 2. The quantitative estimate of drug-likeness (QED) is 0.655. The molecule has 0 saturated heterocycles. The van der Waals surface area contributed by atoms with Gasteiger partial charge in [-0.15, -0.1) is 0 Å². The van der Waals surface area contributed by atoms with Crippen molar-refractivity contribution in [1.29, 1.82) is 0 Å². The lowest BCUT2D eigenvalue weighted by Crippen LogP contribution is -2.29. The van der Waals surface area contributed by atoms with Crippen molar-refractivity contribution < 1.29 is 9.59 Å². The van der Waals surface area contributed by atoms with Gasteiger partial charge in [0.05, 0.1) is 5.69 Å². The van der Waals surface area contributed by atoms with Crippen LogP contribution in [0.5, 0.6) is 0 Å². The fourth-order valence-electron chi connectivity index (χ4n) is 2.46. The van der Waals surface area contributed by atoms with Gasteiger partial charge >= 0.3 is 0 Å². The zero-order chi connectivity index (χ0) is 20.8. The van der Waals surface area contributed by atoms with Crippen molar-refractivity contribution in [1.82, 2.24) is 14.7 Å². The van der Waals surface area contributed by atoms with Crippen molar-refractivity contribution in [2.45, 2.75) is 11.4 Å². The van der Waals surface area contributed by atoms with Gasteiger partial charge in [-0.2, -0.15) is 5.10 Å². The average Bonchev–Trinajstić information content (AvgIpc) is 2.71. The summed E-state index contributed by atoms with van der Waals surface area (Å²) in [6.45, 7) is -0.199. The van der Waals surface area contributed by atoms with Crippen molar-refractivity contribution in [3.8, 4) is 11.3 Å². The molecule has 3 rings (SSSR count). The molecule has 148 valence electrons. The highest BCUT2D eigenvalue weighted by molar-refractivity contribution is 8.13. The fraction of sp³-hybridized carbons (Fsp3) is 0.143. The molecule has 0 aliphatic carbocycles. The minimum atomic E-state index is -0.366. The van der Waals surface area contributed by atoms with Crippen molar-refractivity contribution >= 4 is 28.6 Å². The smallest absolute Gasteiger partial charge is 0.285 e. The van der Waals surface area contributed by atoms with Crippen molar-refractivity contribution in [2.24, 2.45) is 0 Å². The zero-order valence-electron chi connectivity index (χ0n) is 16.0. The van der Waals surface area contributed by atoms with E-state index in [4.69, 9.17) is 0 Å². The molecule has 0 unspecified atom stereocenters. The number of thioether (sulfide) groups is 1. The van der Waals surface area contributed by atoms with Crippen LogP contribution < -0.4 is 10.9 Å². The molecule has 0 bridgehead atoms. The first-order chi connectivity index (χ1) is 13.9. The SMILES string of the molecule is CN(C)C(=O)Sc1ccc(NC(=O)Cn2nc(-c3ccccc3)ccc2=O)cc1. The first kappa shape index (κ1) is 20.3. The van der Waals surface area contributed by atoms with Gasteiger partial charge in [0.2, 0.25) is 5.91 Å². The van der Waals surface area contributed by atoms with E-state index in [1.165, 1.54) is 11.0 Å². The number of hydrogen-bond acceptors (Lipinski definition) is 5. The highest BCUT2D eigenvalue weighted by Gasteiger charge is 2.10. The van der Waals surface area contributed by atoms with Gasteiger partial charge in [-0.25, -0.2) is 4.68 Å². The molecule has 1 aromatic heterocycles. The molecule has 7 nitrogen and oxygen atoms in total. The molecule has 2 aromatic carbocycles. The molecular weight excluding hydrogens is 388 g/mol. The summed E-state index contributed by atoms with van der Waals surface area (Å²) >= 11 is 1.10. The van der Waals surface area contributed by atoms with Gasteiger partial charge in [0.15, 0.2) is 0 Å². The second-order valence-electron chi connectivity index (χ2n) is 6.42. The number of nitrogens with zero attached hydrogens (tertiary/aromatic N) is 3. The molecule has 2 amide bonds. The highest BCUT2D eigenvalue weighted by atomic mass is 32.2. The second-order valence-corrected chi connectivity index (χ2v) is 7.44. The Morgan fingerprint density at radius 3 is 2.34 bits per heavy atom. The number of anilines is 1. The van der Waals surface area contributed by atoms with E-state index in [1.807, 2.05) is 30.3 Å². The van der Waals surface area contributed by atoms with E-state index in [0.29, 0.717) is 11.4 Å². The molecule has 0 atom stereocenters. The maximum absolute atomic E-state index is 12.4. The Bertz CT molecular complexity index is 1060. The summed E-state index contributed by atoms with van der Waals surface area (Å²) in [4.78, 5) is 38.4. The maximum atomic E-state index is 12.4. The van der Waals surface area contributed by atoms with Crippen molar-refractivity contribution in [3.63, 3.8) is 0 Å². The molecule has 1 heterocycles. The molecular formula is C21H20N4O3S. The van der Waals surface area contributed by atoms with Crippen LogP contribution in [0.25, 0.3) is 11.3 Å². The van der Waals surface area contributed by atoms with E-state index < -0.39 is 0 Å². The van der Waals surface area contributed by atoms with Crippen LogP contribution in [0.15, 0.2) is 76.4 Å². The number of hydrogen-bond donors (Lipinski definition) is 1. The van der Waals surface area contributed by atoms with Gasteiger partial charge in [0.25, 0.3) is 10.8 Å². The predicted molar refractivity (Wildman–Crippen MR) is 114 cm³/mol. The van der Waals surface area contributed by atoms with Crippen molar-refractivity contribution in [2.75, 3.05) is 19.4 Å². The third-order valence-electron chi connectivity index (χ3n) is 3.94. The normalized spacial score (nSPS) is 10.4. The molecule has 3 aromatic rings. The lowest BCUT2D eigenvalue weighted by Gasteiger charge is -2.10. The number of aromatic nitrogens is 2. The Kier molecular flexibility index (Phi) is 6.46. The molecule has 1 N–H and O–H groups in total. The monoisotopic (exact) mass is 408 g/mol. The number of carbonyl (C=O) groups is 2. The first-order valence-electron chi connectivity index (χ1n) is 8.85. The molecule has 0 saturated carbocycles. The second kappa shape index (κ2) is 9.20. The summed E-state index contributed by atoms with van der Waals surface area (Å²) in [6.07, 6.45) is 0. The lowest BCUT2D eigenvalue weighted by molar-refractivity contribution is -0.117. The van der Waals surface area contributed by atoms with Crippen LogP contribution in [0, 0.1) is 0 Å². The number of amides is 2. The molecule has 8 heteroatoms. The van der Waals surface area contributed by atoms with Gasteiger partial charge in [0, 0.05) is 36.3 Å². The van der Waals surface area contributed by atoms with Crippen molar-refractivity contribution in [3.05, 3.63) is 77.1 Å². The number of rotatable bonds is 5. The zero-order valence-corrected chi connectivity index (χ0v) is 16.8. The molecule has 29 heavy (non-hydrogen) atoms. The third kappa shape index (κ3) is 5.55. The van der Waals surface area contributed by atoms with Gasteiger partial charge < -0.3 is 10.2 Å². The van der Waals surface area contributed by atoms with Crippen LogP contribution in [-0.2, 0) is 11.3 Å². The lowest BCUT2D eigenvalue weighted by atomic mass is 10.1. The average molecular weight is 408 g/mol. The summed E-state index contributed by atoms with van der Waals surface area (Å²) in [7, 11) is 3.37. The maximum Gasteiger partial charge on any atom is 0.285 e. The Morgan fingerprint density at radius 2 is 1.69 bits per heavy atom. The Morgan fingerprint density at radius 1 is 1.00 bits per heavy atom. The van der Waals surface area contributed by atoms with Gasteiger partial charge in [-0.3, -0.25) is 14.4 Å². The van der Waals surface area contributed by atoms with E-state index in [9.17, 15) is 14.4 Å². The van der Waals surface area contributed by atoms with Gasteiger partial charge in [-0.05, 0) is 42.1 Å². The fourth-order valence-corrected chi connectivity index (χ4v) is 3.12. The van der Waals surface area contributed by atoms with Gasteiger partial charge in [-0.1, -0.05) is 30.3 Å². The van der Waals surface area contributed by atoms with Crippen LogP contribution in [0.2, 0.25) is 0 Å². The topological polar surface area (TPSA) is 84.3 Å². The van der Waals surface area contributed by atoms with Crippen LogP contribution in [-0.4, -0.2) is 39.9 Å². The molecule has 0 aliphatic heterocycles.